The molecule has 0 heterocycles. The van der Waals surface area contributed by atoms with Crippen LogP contribution in [0, 0.1) is 108 Å². The van der Waals surface area contributed by atoms with Crippen molar-refractivity contribution in [3.8, 4) is 0 Å². The molecule has 0 aromatic rings. The van der Waals surface area contributed by atoms with Gasteiger partial charge in [-0.25, -0.2) is 0 Å². The van der Waals surface area contributed by atoms with E-state index in [4.69, 9.17) is 0 Å². The lowest BCUT2D eigenvalue weighted by atomic mass is 8.95. The average molecular weight is 417 g/mol. The van der Waals surface area contributed by atoms with Crippen molar-refractivity contribution < 1.29 is 0 Å². The summed E-state index contributed by atoms with van der Waals surface area (Å²) >= 11 is 0. The van der Waals surface area contributed by atoms with Gasteiger partial charge in [0.15, 0.2) is 0 Å². The maximum atomic E-state index is 2.86. The van der Waals surface area contributed by atoms with Gasteiger partial charge in [-0.05, 0) is 128 Å². The lowest BCUT2D eigenvalue weighted by molar-refractivity contribution is -0.625. The van der Waals surface area contributed by atoms with Crippen LogP contribution < -0.4 is 0 Å². The molecule has 0 heteroatoms. The Kier molecular flexibility index (Phi) is 2.01. The number of hydrogen-bond acceptors (Lipinski definition) is 0. The minimum Gasteiger partial charge on any atom is -0.0617 e. The third kappa shape index (κ3) is 0.854. The second-order valence-electron chi connectivity index (χ2n) is 17.1. The standard InChI is InChI=1S/C31H44/c1-13-15-11-31-12-18-20-22-23-21-19-17(10-16(15)31)24(13,3)26(19,5)28(21,7)30(23,9)29(22,8)27(20,6)25(18,4)14(31)2/h13-23H,10-12H2,1-9H3. The molecule has 31 heavy (non-hydrogen) atoms. The first-order chi connectivity index (χ1) is 14.3. The Balaban J connectivity index is 1.31. The van der Waals surface area contributed by atoms with Crippen molar-refractivity contribution >= 4 is 0 Å². The highest BCUT2D eigenvalue weighted by Crippen LogP contribution is 3.11. The largest absolute Gasteiger partial charge is 0.0617 e. The van der Waals surface area contributed by atoms with Crippen LogP contribution in [0.4, 0.5) is 0 Å². The summed E-state index contributed by atoms with van der Waals surface area (Å²) in [6.07, 6.45) is 4.89. The maximum Gasteiger partial charge on any atom is -0.0167 e. The van der Waals surface area contributed by atoms with Gasteiger partial charge in [0.25, 0.3) is 0 Å². The molecule has 10 fully saturated rings. The highest BCUT2D eigenvalue weighted by molar-refractivity contribution is 5.54. The molecule has 19 unspecified atom stereocenters. The van der Waals surface area contributed by atoms with Crippen LogP contribution in [0.25, 0.3) is 0 Å². The molecule has 0 saturated heterocycles. The molecule has 0 N–H and O–H groups in total. The molecular formula is C31H44. The molecule has 4 bridgehead atoms. The van der Waals surface area contributed by atoms with Crippen molar-refractivity contribution in [1.29, 1.82) is 0 Å². The van der Waals surface area contributed by atoms with Crippen molar-refractivity contribution in [2.75, 3.05) is 0 Å². The zero-order chi connectivity index (χ0) is 21.5. The van der Waals surface area contributed by atoms with E-state index < -0.39 is 0 Å². The van der Waals surface area contributed by atoms with Crippen LogP contribution in [-0.4, -0.2) is 0 Å². The van der Waals surface area contributed by atoms with Crippen molar-refractivity contribution in [2.24, 2.45) is 108 Å². The first-order valence-corrected chi connectivity index (χ1v) is 14.3. The number of fused-ring (bicyclic) bond motifs is 6. The Labute approximate surface area is 190 Å². The van der Waals surface area contributed by atoms with Crippen molar-refractivity contribution in [1.82, 2.24) is 0 Å². The van der Waals surface area contributed by atoms with Gasteiger partial charge < -0.3 is 0 Å². The van der Waals surface area contributed by atoms with Gasteiger partial charge in [-0.1, -0.05) is 62.3 Å². The minimum absolute atomic E-state index is 0.614. The van der Waals surface area contributed by atoms with E-state index >= 15 is 0 Å². The third-order valence-corrected chi connectivity index (χ3v) is 20.2. The monoisotopic (exact) mass is 416 g/mol. The molecule has 0 aromatic heterocycles. The summed E-state index contributed by atoms with van der Waals surface area (Å²) in [6, 6.07) is 0. The van der Waals surface area contributed by atoms with Crippen molar-refractivity contribution in [3.63, 3.8) is 0 Å². The van der Waals surface area contributed by atoms with Crippen LogP contribution in [0.3, 0.4) is 0 Å². The molecule has 0 nitrogen and oxygen atoms in total. The van der Waals surface area contributed by atoms with Crippen LogP contribution in [0.15, 0.2) is 0 Å². The van der Waals surface area contributed by atoms with Gasteiger partial charge in [0.05, 0.1) is 0 Å². The first-order valence-electron chi connectivity index (χ1n) is 14.3. The zero-order valence-electron chi connectivity index (χ0n) is 21.5. The molecule has 10 saturated carbocycles. The van der Waals surface area contributed by atoms with Crippen LogP contribution in [0.2, 0.25) is 0 Å². The Morgan fingerprint density at radius 3 is 1.68 bits per heavy atom. The van der Waals surface area contributed by atoms with Crippen LogP contribution in [0.5, 0.6) is 0 Å². The molecule has 10 aliphatic rings. The van der Waals surface area contributed by atoms with Gasteiger partial charge in [-0.3, -0.25) is 0 Å². The van der Waals surface area contributed by atoms with Gasteiger partial charge in [0, 0.05) is 0 Å². The Morgan fingerprint density at radius 2 is 1.03 bits per heavy atom. The van der Waals surface area contributed by atoms with E-state index in [9.17, 15) is 0 Å². The average Bonchev–Trinajstić information content (AvgIpc) is 2.95. The highest BCUT2D eigenvalue weighted by atomic mass is 15.1. The van der Waals surface area contributed by atoms with Crippen LogP contribution >= 0.6 is 0 Å². The molecule has 0 amide bonds. The van der Waals surface area contributed by atoms with E-state index in [0.717, 1.165) is 70.5 Å². The van der Waals surface area contributed by atoms with Gasteiger partial charge in [0.1, 0.15) is 0 Å². The van der Waals surface area contributed by atoms with Crippen molar-refractivity contribution in [3.05, 3.63) is 0 Å². The van der Waals surface area contributed by atoms with Crippen LogP contribution in [0.1, 0.15) is 81.6 Å². The summed E-state index contributed by atoms with van der Waals surface area (Å²) in [5.74, 6) is 11.7. The minimum atomic E-state index is 0.614. The second kappa shape index (κ2) is 3.58. The summed E-state index contributed by atoms with van der Waals surface area (Å²) in [5.41, 5.74) is 5.08. The number of hydrogen-bond donors (Lipinski definition) is 0. The SMILES string of the molecule is CC1C2CC34CC5C6C7C8C9C%10C(CC23)C1(C)C%10(C)C9(C)C8(C)C7(C)C6(C)C5(C)C4C. The first kappa shape index (κ1) is 17.4. The lowest BCUT2D eigenvalue weighted by Gasteiger charge is -3.09. The molecule has 1 spiro atoms. The van der Waals surface area contributed by atoms with E-state index in [0.29, 0.717) is 37.9 Å². The maximum absolute atomic E-state index is 2.86. The molecule has 10 aliphatic carbocycles. The normalized spacial score (nSPS) is 91.1. The predicted octanol–water partition coefficient (Wildman–Crippen LogP) is 7.14. The second-order valence-corrected chi connectivity index (χ2v) is 17.1. The molecule has 10 rings (SSSR count). The van der Waals surface area contributed by atoms with E-state index in [1.807, 2.05) is 0 Å². The van der Waals surface area contributed by atoms with Crippen LogP contribution in [-0.2, 0) is 0 Å². The fourth-order valence-corrected chi connectivity index (χ4v) is 18.9. The number of rotatable bonds is 0. The Morgan fingerprint density at radius 1 is 0.516 bits per heavy atom. The highest BCUT2D eigenvalue weighted by Gasteiger charge is 3.07. The molecule has 0 aromatic carbocycles. The fraction of sp³-hybridized carbons (Fsp3) is 1.00. The summed E-state index contributed by atoms with van der Waals surface area (Å²) in [6.45, 7) is 25.5. The van der Waals surface area contributed by atoms with E-state index in [2.05, 4.69) is 62.3 Å². The van der Waals surface area contributed by atoms with E-state index in [-0.39, 0.29) is 0 Å². The molecule has 0 radical (unpaired) electrons. The summed E-state index contributed by atoms with van der Waals surface area (Å²) in [7, 11) is 0. The molecule has 0 aliphatic heterocycles. The quantitative estimate of drug-likeness (QED) is 0.393. The summed E-state index contributed by atoms with van der Waals surface area (Å²) in [4.78, 5) is 0. The third-order valence-electron chi connectivity index (χ3n) is 20.2. The molecule has 19 atom stereocenters. The van der Waals surface area contributed by atoms with Gasteiger partial charge in [-0.2, -0.15) is 0 Å². The summed E-state index contributed by atoms with van der Waals surface area (Å²) < 4.78 is 0. The molecular weight excluding hydrogens is 372 g/mol. The summed E-state index contributed by atoms with van der Waals surface area (Å²) in [5, 5.41) is 0. The van der Waals surface area contributed by atoms with Crippen molar-refractivity contribution in [2.45, 2.75) is 81.6 Å². The Bertz CT molecular complexity index is 1060. The lowest BCUT2D eigenvalue weighted by Crippen LogP contribution is -3.05. The fourth-order valence-electron chi connectivity index (χ4n) is 18.9. The van der Waals surface area contributed by atoms with E-state index in [1.165, 1.54) is 0 Å². The Hall–Kier alpha value is 0. The topological polar surface area (TPSA) is 0 Å². The van der Waals surface area contributed by atoms with E-state index in [1.54, 1.807) is 19.3 Å². The smallest absolute Gasteiger partial charge is 0.0167 e. The zero-order valence-corrected chi connectivity index (χ0v) is 21.5. The van der Waals surface area contributed by atoms with Gasteiger partial charge in [-0.15, -0.1) is 0 Å². The predicted molar refractivity (Wildman–Crippen MR) is 123 cm³/mol. The van der Waals surface area contributed by atoms with Gasteiger partial charge in [0.2, 0.25) is 0 Å². The molecule has 168 valence electrons. The van der Waals surface area contributed by atoms with Gasteiger partial charge >= 0.3 is 0 Å².